The number of carbonyl (C=O) groups excluding carboxylic acids is 2. The number of hydrogen-bond donors (Lipinski definition) is 2. The summed E-state index contributed by atoms with van der Waals surface area (Å²) in [6, 6.07) is 12.0. The maximum absolute atomic E-state index is 12.6. The minimum Gasteiger partial charge on any atom is -0.464 e. The summed E-state index contributed by atoms with van der Waals surface area (Å²) in [5.41, 5.74) is 1.94. The number of fused-ring (bicyclic) bond motifs is 1. The van der Waals surface area contributed by atoms with Crippen molar-refractivity contribution in [2.45, 2.75) is 19.4 Å². The molecular weight excluding hydrogens is 354 g/mol. The van der Waals surface area contributed by atoms with Crippen LogP contribution in [0, 0.1) is 0 Å². The number of halogens is 1. The van der Waals surface area contributed by atoms with Gasteiger partial charge in [-0.25, -0.2) is 9.78 Å². The number of amides is 1. The number of aromatic nitrogens is 2. The van der Waals surface area contributed by atoms with Gasteiger partial charge in [0.2, 0.25) is 0 Å². The van der Waals surface area contributed by atoms with Gasteiger partial charge < -0.3 is 15.0 Å². The summed E-state index contributed by atoms with van der Waals surface area (Å²) < 4.78 is 5.10. The number of nitrogens with zero attached hydrogens (tertiary/aromatic N) is 1. The highest BCUT2D eigenvalue weighted by Crippen LogP contribution is 2.18. The van der Waals surface area contributed by atoms with E-state index in [4.69, 9.17) is 16.3 Å². The molecular formula is C19H18ClN3O3. The van der Waals surface area contributed by atoms with Gasteiger partial charge in [-0.3, -0.25) is 4.79 Å². The molecule has 2 heterocycles. The van der Waals surface area contributed by atoms with E-state index in [1.54, 1.807) is 25.3 Å². The van der Waals surface area contributed by atoms with Gasteiger partial charge in [-0.15, -0.1) is 0 Å². The topological polar surface area (TPSA) is 84.1 Å². The lowest BCUT2D eigenvalue weighted by atomic mass is 10.1. The van der Waals surface area contributed by atoms with Crippen LogP contribution in [0.25, 0.3) is 10.9 Å². The number of nitrogens with one attached hydrogen (secondary N) is 2. The Kier molecular flexibility index (Phi) is 5.53. The SMILES string of the molecule is CCOC(=O)C(Cc1ccccc1)NC(=O)c1cc2cc(Cl)ncc2[nH]1. The molecule has 0 aliphatic rings. The number of aromatic amines is 1. The molecule has 2 N–H and O–H groups in total. The average molecular weight is 372 g/mol. The molecule has 0 saturated heterocycles. The summed E-state index contributed by atoms with van der Waals surface area (Å²) in [4.78, 5) is 31.8. The first kappa shape index (κ1) is 17.9. The lowest BCUT2D eigenvalue weighted by molar-refractivity contribution is -0.145. The first-order valence-electron chi connectivity index (χ1n) is 8.22. The van der Waals surface area contributed by atoms with Crippen molar-refractivity contribution in [1.29, 1.82) is 0 Å². The normalized spacial score (nSPS) is 11.9. The summed E-state index contributed by atoms with van der Waals surface area (Å²) in [6.45, 7) is 1.98. The zero-order valence-electron chi connectivity index (χ0n) is 14.2. The lowest BCUT2D eigenvalue weighted by Gasteiger charge is -2.17. The van der Waals surface area contributed by atoms with Gasteiger partial charge in [0.05, 0.1) is 18.3 Å². The smallest absolute Gasteiger partial charge is 0.328 e. The second-order valence-corrected chi connectivity index (χ2v) is 6.13. The molecule has 134 valence electrons. The first-order chi connectivity index (χ1) is 12.6. The van der Waals surface area contributed by atoms with Crippen LogP contribution in [0.4, 0.5) is 0 Å². The largest absolute Gasteiger partial charge is 0.464 e. The molecule has 1 atom stereocenters. The molecule has 0 fully saturated rings. The zero-order chi connectivity index (χ0) is 18.5. The first-order valence-corrected chi connectivity index (χ1v) is 8.60. The van der Waals surface area contributed by atoms with E-state index >= 15 is 0 Å². The van der Waals surface area contributed by atoms with Crippen molar-refractivity contribution in [2.75, 3.05) is 6.61 Å². The Morgan fingerprint density at radius 2 is 2.04 bits per heavy atom. The van der Waals surface area contributed by atoms with Crippen molar-refractivity contribution >= 4 is 34.4 Å². The Morgan fingerprint density at radius 3 is 2.77 bits per heavy atom. The van der Waals surface area contributed by atoms with E-state index in [2.05, 4.69) is 15.3 Å². The monoisotopic (exact) mass is 371 g/mol. The molecule has 6 nitrogen and oxygen atoms in total. The van der Waals surface area contributed by atoms with Gasteiger partial charge in [-0.2, -0.15) is 0 Å². The van der Waals surface area contributed by atoms with Gasteiger partial charge in [0.25, 0.3) is 5.91 Å². The fourth-order valence-electron chi connectivity index (χ4n) is 2.65. The van der Waals surface area contributed by atoms with E-state index in [1.807, 2.05) is 30.3 Å². The Morgan fingerprint density at radius 1 is 1.27 bits per heavy atom. The Balaban J connectivity index is 1.79. The summed E-state index contributed by atoms with van der Waals surface area (Å²) in [6.07, 6.45) is 1.90. The summed E-state index contributed by atoms with van der Waals surface area (Å²) >= 11 is 5.87. The van der Waals surface area contributed by atoms with Gasteiger partial charge in [0.15, 0.2) is 0 Å². The van der Waals surface area contributed by atoms with Crippen molar-refractivity contribution in [3.8, 4) is 0 Å². The molecule has 2 aromatic heterocycles. The van der Waals surface area contributed by atoms with Crippen LogP contribution in [0.3, 0.4) is 0 Å². The highest BCUT2D eigenvalue weighted by Gasteiger charge is 2.24. The van der Waals surface area contributed by atoms with Crippen molar-refractivity contribution in [3.05, 3.63) is 65.1 Å². The van der Waals surface area contributed by atoms with E-state index in [0.29, 0.717) is 22.8 Å². The molecule has 0 aliphatic carbocycles. The summed E-state index contributed by atoms with van der Waals surface area (Å²) in [5, 5.41) is 3.86. The van der Waals surface area contributed by atoms with Gasteiger partial charge >= 0.3 is 5.97 Å². The second kappa shape index (κ2) is 8.01. The third kappa shape index (κ3) is 4.21. The molecule has 0 radical (unpaired) electrons. The van der Waals surface area contributed by atoms with Crippen LogP contribution in [0.15, 0.2) is 48.7 Å². The molecule has 26 heavy (non-hydrogen) atoms. The quantitative estimate of drug-likeness (QED) is 0.515. The van der Waals surface area contributed by atoms with E-state index in [9.17, 15) is 9.59 Å². The number of rotatable bonds is 6. The van der Waals surface area contributed by atoms with Crippen LogP contribution in [0.5, 0.6) is 0 Å². The van der Waals surface area contributed by atoms with Crippen molar-refractivity contribution < 1.29 is 14.3 Å². The van der Waals surface area contributed by atoms with Gasteiger partial charge in [-0.1, -0.05) is 41.9 Å². The fraction of sp³-hybridized carbons (Fsp3) is 0.211. The predicted octanol–water partition coefficient (Wildman–Crippen LogP) is 3.12. The van der Waals surface area contributed by atoms with Crippen LogP contribution in [-0.4, -0.2) is 34.5 Å². The lowest BCUT2D eigenvalue weighted by Crippen LogP contribution is -2.43. The van der Waals surface area contributed by atoms with Gasteiger partial charge in [0.1, 0.15) is 16.9 Å². The van der Waals surface area contributed by atoms with Gasteiger partial charge in [-0.05, 0) is 24.6 Å². The predicted molar refractivity (Wildman–Crippen MR) is 99.1 cm³/mol. The maximum atomic E-state index is 12.6. The highest BCUT2D eigenvalue weighted by molar-refractivity contribution is 6.30. The molecule has 3 aromatic rings. The minimum atomic E-state index is -0.780. The molecule has 7 heteroatoms. The number of H-pyrrole nitrogens is 1. The Hall–Kier alpha value is -2.86. The number of esters is 1. The number of carbonyl (C=O) groups is 2. The molecule has 3 rings (SSSR count). The average Bonchev–Trinajstić information content (AvgIpc) is 3.05. The molecule has 1 amide bonds. The number of hydrogen-bond acceptors (Lipinski definition) is 4. The van der Waals surface area contributed by atoms with Crippen LogP contribution in [0.1, 0.15) is 23.0 Å². The van der Waals surface area contributed by atoms with Gasteiger partial charge in [0, 0.05) is 11.8 Å². The van der Waals surface area contributed by atoms with Crippen LogP contribution < -0.4 is 5.32 Å². The minimum absolute atomic E-state index is 0.247. The fourth-order valence-corrected chi connectivity index (χ4v) is 2.82. The van der Waals surface area contributed by atoms with Crippen LogP contribution >= 0.6 is 11.6 Å². The molecule has 0 bridgehead atoms. The van der Waals surface area contributed by atoms with E-state index in [0.717, 1.165) is 10.9 Å². The number of pyridine rings is 1. The van der Waals surface area contributed by atoms with Crippen molar-refractivity contribution in [2.24, 2.45) is 0 Å². The molecule has 1 aromatic carbocycles. The molecule has 0 spiro atoms. The molecule has 0 saturated carbocycles. The number of benzene rings is 1. The summed E-state index contributed by atoms with van der Waals surface area (Å²) in [7, 11) is 0. The third-order valence-corrected chi connectivity index (χ3v) is 4.08. The van der Waals surface area contributed by atoms with E-state index in [1.165, 1.54) is 0 Å². The van der Waals surface area contributed by atoms with E-state index < -0.39 is 17.9 Å². The standard InChI is InChI=1S/C19H18ClN3O3/c1-2-26-19(25)15(8-12-6-4-3-5-7-12)23-18(24)14-9-13-10-17(20)21-11-16(13)22-14/h3-7,9-11,15,22H,2,8H2,1H3,(H,23,24). The molecule has 0 aliphatic heterocycles. The number of ether oxygens (including phenoxy) is 1. The second-order valence-electron chi connectivity index (χ2n) is 5.75. The maximum Gasteiger partial charge on any atom is 0.328 e. The van der Waals surface area contributed by atoms with Crippen molar-refractivity contribution in [3.63, 3.8) is 0 Å². The van der Waals surface area contributed by atoms with Crippen LogP contribution in [0.2, 0.25) is 5.15 Å². The molecule has 1 unspecified atom stereocenters. The third-order valence-electron chi connectivity index (χ3n) is 3.88. The Labute approximate surface area is 155 Å². The summed E-state index contributed by atoms with van der Waals surface area (Å²) in [5.74, 6) is -0.864. The van der Waals surface area contributed by atoms with E-state index in [-0.39, 0.29) is 6.61 Å². The Bertz CT molecular complexity index is 924. The zero-order valence-corrected chi connectivity index (χ0v) is 14.9. The highest BCUT2D eigenvalue weighted by atomic mass is 35.5. The van der Waals surface area contributed by atoms with Crippen LogP contribution in [-0.2, 0) is 16.0 Å². The van der Waals surface area contributed by atoms with Crippen molar-refractivity contribution in [1.82, 2.24) is 15.3 Å².